The van der Waals surface area contributed by atoms with E-state index < -0.39 is 61.5 Å². The molecule has 430 valence electrons. The van der Waals surface area contributed by atoms with Crippen molar-refractivity contribution < 1.29 is 63.2 Å². The van der Waals surface area contributed by atoms with Gasteiger partial charge in [-0.2, -0.15) is 0 Å². The fraction of sp³-hybridized carbons (Fsp3) is 0.397. The number of aliphatic hydroxyl groups excluding tert-OH is 5. The van der Waals surface area contributed by atoms with Gasteiger partial charge in [0.15, 0.2) is 30.2 Å². The van der Waals surface area contributed by atoms with Crippen LogP contribution in [-0.2, 0) is 20.6 Å². The van der Waals surface area contributed by atoms with Gasteiger partial charge in [0.2, 0.25) is 17.4 Å². The van der Waals surface area contributed by atoms with Crippen LogP contribution in [0.4, 0.5) is 11.4 Å². The lowest BCUT2D eigenvalue weighted by molar-refractivity contribution is -0.353. The molecule has 2 saturated heterocycles. The summed E-state index contributed by atoms with van der Waals surface area (Å²) in [5, 5.41) is 64.2. The van der Waals surface area contributed by atoms with Gasteiger partial charge in [0.05, 0.1) is 32.4 Å². The van der Waals surface area contributed by atoms with E-state index in [1.54, 1.807) is 19.1 Å². The molecular formula is C63H74ClN4O13+. The number of benzene rings is 6. The summed E-state index contributed by atoms with van der Waals surface area (Å²) < 4.78 is 45.2. The molecule has 3 heterocycles. The number of hydrogen-bond acceptors (Lipinski definition) is 15. The molecule has 1 amide bonds. The number of nitrogens with zero attached hydrogens (tertiary/aromatic N) is 2. The molecule has 9 atom stereocenters. The van der Waals surface area contributed by atoms with Crippen LogP contribution in [0.25, 0.3) is 44.5 Å². The number of aryl methyl sites for hydroxylation is 1. The predicted molar refractivity (Wildman–Crippen MR) is 312 cm³/mol. The number of fused-ring (bicyclic) bond motifs is 2. The Balaban J connectivity index is 0.907. The van der Waals surface area contributed by atoms with Crippen molar-refractivity contribution in [2.75, 3.05) is 63.8 Å². The summed E-state index contributed by atoms with van der Waals surface area (Å²) in [7, 11) is 2.91. The zero-order valence-corrected chi connectivity index (χ0v) is 47.6. The van der Waals surface area contributed by atoms with Crippen LogP contribution in [0.1, 0.15) is 63.4 Å². The third-order valence-electron chi connectivity index (χ3n) is 15.5. The second-order valence-electron chi connectivity index (χ2n) is 20.6. The molecule has 5 aromatic rings. The highest BCUT2D eigenvalue weighted by atomic mass is 35.5. The molecule has 3 aliphatic heterocycles. The largest absolute Gasteiger partial charge is 0.493 e. The second-order valence-corrected chi connectivity index (χ2v) is 21.0. The fourth-order valence-electron chi connectivity index (χ4n) is 11.0. The highest BCUT2D eigenvalue weighted by molar-refractivity contribution is 6.30. The predicted octanol–water partition coefficient (Wildman–Crippen LogP) is 8.06. The number of methoxy groups -OCH3 is 2. The first kappa shape index (κ1) is 58.9. The van der Waals surface area contributed by atoms with Crippen molar-refractivity contribution in [3.05, 3.63) is 143 Å². The number of hydrogen-bond donors (Lipinski definition) is 7. The Labute approximate surface area is 477 Å². The number of ether oxygens (including phenoxy) is 6. The SMILES string of the molecule is CCN(CC)c1ccc2c(-c3ccccc3C(=O)NCCCc3cc(OC)c(O[C@@H]4O[C@H](CO)[C@@H](O)[C@H](O)[C@H]4O[C@@H]4C[C@@](C)(Nc5ccc(-c6ccc(Cl)cc6)cc5)[C@@H](O)[C@@H](O)O4)c(OC)c3)c3ccc(=[N+](CC)CC)cc-3oc2c1. The summed E-state index contributed by atoms with van der Waals surface area (Å²) in [5.41, 5.74) is 6.99. The second kappa shape index (κ2) is 26.0. The van der Waals surface area contributed by atoms with Gasteiger partial charge in [0.25, 0.3) is 5.91 Å². The van der Waals surface area contributed by atoms with Crippen LogP contribution in [-0.4, -0.2) is 140 Å². The molecule has 0 unspecified atom stereocenters. The van der Waals surface area contributed by atoms with Crippen LogP contribution in [0.5, 0.6) is 17.2 Å². The number of anilines is 2. The third-order valence-corrected chi connectivity index (χ3v) is 15.8. The summed E-state index contributed by atoms with van der Waals surface area (Å²) in [4.78, 5) is 16.6. The first-order chi connectivity index (χ1) is 39.1. The maximum absolute atomic E-state index is 14.3. The smallest absolute Gasteiger partial charge is 0.251 e. The van der Waals surface area contributed by atoms with Gasteiger partial charge in [-0.3, -0.25) is 4.79 Å². The van der Waals surface area contributed by atoms with Gasteiger partial charge < -0.3 is 73.9 Å². The topological polar surface area (TPSA) is 217 Å². The highest BCUT2D eigenvalue weighted by Gasteiger charge is 2.52. The van der Waals surface area contributed by atoms with Crippen molar-refractivity contribution in [3.8, 4) is 50.8 Å². The van der Waals surface area contributed by atoms with Crippen LogP contribution in [0.15, 0.2) is 126 Å². The minimum Gasteiger partial charge on any atom is -0.493 e. The van der Waals surface area contributed by atoms with Gasteiger partial charge in [-0.15, -0.1) is 0 Å². The Hall–Kier alpha value is -6.77. The van der Waals surface area contributed by atoms with Crippen molar-refractivity contribution in [2.45, 2.75) is 109 Å². The lowest BCUT2D eigenvalue weighted by Crippen LogP contribution is -2.64. The number of aliphatic hydroxyl groups is 5. The van der Waals surface area contributed by atoms with E-state index in [0.717, 1.165) is 87.3 Å². The lowest BCUT2D eigenvalue weighted by atomic mass is 9.87. The fourth-order valence-corrected chi connectivity index (χ4v) is 11.1. The Bertz CT molecular complexity index is 3290. The molecule has 18 heteroatoms. The Kier molecular flexibility index (Phi) is 18.9. The molecule has 0 saturated carbocycles. The Morgan fingerprint density at radius 2 is 1.48 bits per heavy atom. The van der Waals surface area contributed by atoms with E-state index in [9.17, 15) is 30.3 Å². The summed E-state index contributed by atoms with van der Waals surface area (Å²) in [6.07, 6.45) is -11.0. The van der Waals surface area contributed by atoms with Crippen LogP contribution >= 0.6 is 11.6 Å². The molecule has 5 aromatic carbocycles. The van der Waals surface area contributed by atoms with Crippen molar-refractivity contribution >= 4 is 39.9 Å². The number of nitrogens with one attached hydrogen (secondary N) is 2. The number of rotatable bonds is 21. The van der Waals surface area contributed by atoms with Crippen LogP contribution in [0.3, 0.4) is 0 Å². The average molecular weight is 1130 g/mol. The molecule has 0 spiro atoms. The first-order valence-electron chi connectivity index (χ1n) is 27.7. The zero-order chi connectivity index (χ0) is 57.5. The summed E-state index contributed by atoms with van der Waals surface area (Å²) in [6.45, 7) is 13.3. The molecule has 0 bridgehead atoms. The van der Waals surface area contributed by atoms with Crippen LogP contribution in [0.2, 0.25) is 5.02 Å². The standard InChI is InChI=1S/C63H73ClN4O13/c1-8-67(9-2)42-26-28-46-48(33-42)77-49-34-43(68(10-3)11-4)27-29-47(49)54(46)44-16-12-13-17-45(44)60(73)65-30-14-15-37-31-50(75-6)57(51(32-37)76-7)81-62-58(56(71)55(70)52(36-69)78-62)79-53-35-63(5,59(72)61(74)80-53)66-41-24-20-39(21-25-41)38-18-22-40(64)23-19-38/h12-13,16-29,31-34,52-53,55-56,58-59,61-62,66,69-72,74H,8-11,14-15,30,35-36H2,1-7H3/p+1/t52-,53+,55-,56+,58-,59+,61+,62+,63-/m1/s1. The quantitative estimate of drug-likeness (QED) is 0.0206. The minimum atomic E-state index is -1.73. The van der Waals surface area contributed by atoms with E-state index >= 15 is 0 Å². The van der Waals surface area contributed by atoms with Gasteiger partial charge in [0, 0.05) is 76.7 Å². The van der Waals surface area contributed by atoms with E-state index in [-0.39, 0.29) is 29.6 Å². The van der Waals surface area contributed by atoms with Gasteiger partial charge in [-0.25, -0.2) is 4.58 Å². The van der Waals surface area contributed by atoms with Crippen molar-refractivity contribution in [2.24, 2.45) is 0 Å². The van der Waals surface area contributed by atoms with Crippen LogP contribution in [0, 0.1) is 0 Å². The normalized spacial score (nSPS) is 22.8. The Morgan fingerprint density at radius 3 is 2.14 bits per heavy atom. The molecule has 0 radical (unpaired) electrons. The number of carbonyl (C=O) groups is 1. The van der Waals surface area contributed by atoms with E-state index in [1.165, 1.54) is 14.2 Å². The highest BCUT2D eigenvalue weighted by Crippen LogP contribution is 2.44. The van der Waals surface area contributed by atoms with E-state index in [4.69, 9.17) is 44.4 Å². The zero-order valence-electron chi connectivity index (χ0n) is 46.8. The van der Waals surface area contributed by atoms with E-state index in [1.807, 2.05) is 72.8 Å². The lowest BCUT2D eigenvalue weighted by Gasteiger charge is -2.48. The van der Waals surface area contributed by atoms with Crippen molar-refractivity contribution in [3.63, 3.8) is 0 Å². The monoisotopic (exact) mass is 1130 g/mol. The third kappa shape index (κ3) is 12.7. The Morgan fingerprint density at radius 1 is 0.802 bits per heavy atom. The van der Waals surface area contributed by atoms with Gasteiger partial charge in [-0.05, 0) is 130 Å². The molecule has 7 N–H and O–H groups in total. The number of amides is 1. The molecule has 4 aliphatic rings. The summed E-state index contributed by atoms with van der Waals surface area (Å²) in [5.74, 6) is 1.04. The van der Waals surface area contributed by atoms with Gasteiger partial charge >= 0.3 is 0 Å². The molecule has 81 heavy (non-hydrogen) atoms. The molecular weight excluding hydrogens is 1060 g/mol. The molecule has 1 aliphatic carbocycles. The molecule has 9 rings (SSSR count). The number of carbonyl (C=O) groups excluding carboxylic acids is 1. The first-order valence-corrected chi connectivity index (χ1v) is 28.1. The summed E-state index contributed by atoms with van der Waals surface area (Å²) >= 11 is 6.09. The van der Waals surface area contributed by atoms with Crippen molar-refractivity contribution in [1.82, 2.24) is 9.89 Å². The molecule has 0 aromatic heterocycles. The van der Waals surface area contributed by atoms with E-state index in [2.05, 4.69) is 84.2 Å². The van der Waals surface area contributed by atoms with Gasteiger partial charge in [0.1, 0.15) is 48.8 Å². The van der Waals surface area contributed by atoms with Crippen molar-refractivity contribution in [1.29, 1.82) is 0 Å². The minimum absolute atomic E-state index is 0.0534. The molecule has 2 fully saturated rings. The summed E-state index contributed by atoms with van der Waals surface area (Å²) in [6, 6.07) is 38.7. The molecule has 17 nitrogen and oxygen atoms in total. The van der Waals surface area contributed by atoms with Gasteiger partial charge in [-0.1, -0.05) is 54.1 Å². The van der Waals surface area contributed by atoms with E-state index in [0.29, 0.717) is 35.7 Å². The average Bonchev–Trinajstić information content (AvgIpc) is 3.52. The maximum Gasteiger partial charge on any atom is 0.251 e. The van der Waals surface area contributed by atoms with Crippen LogP contribution < -0.4 is 39.7 Å². The number of halogens is 1. The maximum atomic E-state index is 14.3.